The summed E-state index contributed by atoms with van der Waals surface area (Å²) in [6.07, 6.45) is 2.04. The summed E-state index contributed by atoms with van der Waals surface area (Å²) in [5, 5.41) is 0. The van der Waals surface area contributed by atoms with E-state index in [2.05, 4.69) is 6.07 Å². The highest BCUT2D eigenvalue weighted by Gasteiger charge is 2.27. The molecule has 1 saturated heterocycles. The van der Waals surface area contributed by atoms with Crippen LogP contribution in [0.2, 0.25) is 0 Å². The molecule has 2 aliphatic heterocycles. The van der Waals surface area contributed by atoms with Crippen LogP contribution in [0.3, 0.4) is 0 Å². The molecular weight excluding hydrogens is 240 g/mol. The highest BCUT2D eigenvalue weighted by molar-refractivity contribution is 7.98. The first-order chi connectivity index (χ1) is 7.84. The maximum atomic E-state index is 12.2. The summed E-state index contributed by atoms with van der Waals surface area (Å²) in [5.74, 6) is 2.71. The second-order valence-electron chi connectivity index (χ2n) is 4.29. The molecule has 3 rings (SSSR count). The molecule has 1 atom stereocenters. The lowest BCUT2D eigenvalue weighted by molar-refractivity contribution is 0.0904. The van der Waals surface area contributed by atoms with Crippen LogP contribution in [0.1, 0.15) is 26.5 Å². The number of ketones is 1. The molecule has 1 aromatic heterocycles. The maximum Gasteiger partial charge on any atom is 0.178 e. The van der Waals surface area contributed by atoms with Crippen LogP contribution in [0.5, 0.6) is 0 Å². The monoisotopic (exact) mass is 254 g/mol. The summed E-state index contributed by atoms with van der Waals surface area (Å²) in [6, 6.07) is 2.12. The molecule has 1 fully saturated rings. The van der Waals surface area contributed by atoms with Gasteiger partial charge in [-0.3, -0.25) is 4.79 Å². The molecule has 0 aliphatic carbocycles. The number of carbonyl (C=O) groups is 1. The van der Waals surface area contributed by atoms with Crippen molar-refractivity contribution in [3.8, 4) is 0 Å². The van der Waals surface area contributed by atoms with Crippen LogP contribution in [0.25, 0.3) is 0 Å². The number of hydrogen-bond donors (Lipinski definition) is 0. The summed E-state index contributed by atoms with van der Waals surface area (Å²) in [7, 11) is 0. The Balaban J connectivity index is 1.83. The average Bonchev–Trinajstić information content (AvgIpc) is 2.97. The fourth-order valence-electron chi connectivity index (χ4n) is 2.21. The van der Waals surface area contributed by atoms with Crippen LogP contribution >= 0.6 is 23.1 Å². The first-order valence-corrected chi connectivity index (χ1v) is 7.63. The zero-order valence-corrected chi connectivity index (χ0v) is 10.7. The van der Waals surface area contributed by atoms with Gasteiger partial charge in [-0.15, -0.1) is 11.3 Å². The minimum absolute atomic E-state index is 0.118. The van der Waals surface area contributed by atoms with E-state index < -0.39 is 0 Å². The van der Waals surface area contributed by atoms with Crippen molar-refractivity contribution in [2.75, 3.05) is 19.0 Å². The molecule has 3 heterocycles. The fourth-order valence-corrected chi connectivity index (χ4v) is 4.60. The first-order valence-electron chi connectivity index (χ1n) is 5.66. The van der Waals surface area contributed by atoms with Gasteiger partial charge in [0.2, 0.25) is 0 Å². The molecule has 0 bridgehead atoms. The normalized spacial score (nSPS) is 24.4. The molecule has 2 nitrogen and oxygen atoms in total. The number of carbonyl (C=O) groups excluding carboxylic acids is 1. The molecule has 86 valence electrons. The van der Waals surface area contributed by atoms with E-state index in [1.54, 1.807) is 11.3 Å². The molecule has 2 aliphatic rings. The van der Waals surface area contributed by atoms with Gasteiger partial charge in [-0.1, -0.05) is 0 Å². The van der Waals surface area contributed by atoms with Gasteiger partial charge in [0.25, 0.3) is 0 Å². The van der Waals surface area contributed by atoms with Gasteiger partial charge in [0, 0.05) is 23.2 Å². The Morgan fingerprint density at radius 3 is 3.19 bits per heavy atom. The second-order valence-corrected chi connectivity index (χ2v) is 6.53. The molecule has 4 heteroatoms. The van der Waals surface area contributed by atoms with E-state index >= 15 is 0 Å². The average molecular weight is 254 g/mol. The van der Waals surface area contributed by atoms with Crippen LogP contribution in [-0.4, -0.2) is 24.7 Å². The Bertz CT molecular complexity index is 382. The number of rotatable bonds is 2. The molecule has 0 N–H and O–H groups in total. The lowest BCUT2D eigenvalue weighted by Crippen LogP contribution is -2.13. The molecule has 1 unspecified atom stereocenters. The van der Waals surface area contributed by atoms with Crippen molar-refractivity contribution in [2.45, 2.75) is 18.6 Å². The highest BCUT2D eigenvalue weighted by Crippen LogP contribution is 2.33. The van der Waals surface area contributed by atoms with Gasteiger partial charge in [0.1, 0.15) is 0 Å². The first kappa shape index (κ1) is 10.8. The molecule has 16 heavy (non-hydrogen) atoms. The maximum absolute atomic E-state index is 12.2. The van der Waals surface area contributed by atoms with Gasteiger partial charge in [-0.25, -0.2) is 0 Å². The lowest BCUT2D eigenvalue weighted by atomic mass is 10.0. The van der Waals surface area contributed by atoms with Gasteiger partial charge in [0.05, 0.1) is 11.5 Å². The number of thiophene rings is 1. The molecule has 0 amide bonds. The number of fused-ring (bicyclic) bond motifs is 1. The van der Waals surface area contributed by atoms with E-state index in [1.165, 1.54) is 16.2 Å². The molecule has 0 spiro atoms. The van der Waals surface area contributed by atoms with Crippen LogP contribution in [0.15, 0.2) is 6.07 Å². The van der Waals surface area contributed by atoms with E-state index in [4.69, 9.17) is 4.74 Å². The number of ether oxygens (including phenoxy) is 1. The third-order valence-corrected chi connectivity index (χ3v) is 5.43. The molecule has 0 aromatic carbocycles. The summed E-state index contributed by atoms with van der Waals surface area (Å²) in [4.78, 5) is 14.6. The van der Waals surface area contributed by atoms with Crippen LogP contribution in [0.4, 0.5) is 0 Å². The van der Waals surface area contributed by atoms with Gasteiger partial charge in [0.15, 0.2) is 5.78 Å². The van der Waals surface area contributed by atoms with E-state index in [1.807, 2.05) is 11.8 Å². The Kier molecular flexibility index (Phi) is 3.05. The van der Waals surface area contributed by atoms with E-state index in [-0.39, 0.29) is 5.92 Å². The standard InChI is InChI=1S/C12H14O2S2/c13-12(8-1-3-14-6-8)11-5-9-7-15-4-2-10(9)16-11/h5,8H,1-4,6-7H2. The third-order valence-electron chi connectivity index (χ3n) is 3.17. The van der Waals surface area contributed by atoms with Crippen molar-refractivity contribution in [2.24, 2.45) is 5.92 Å². The Morgan fingerprint density at radius 1 is 1.50 bits per heavy atom. The van der Waals surface area contributed by atoms with Gasteiger partial charge >= 0.3 is 0 Å². The molecule has 0 radical (unpaired) electrons. The highest BCUT2D eigenvalue weighted by atomic mass is 32.2. The Hall–Kier alpha value is -0.320. The van der Waals surface area contributed by atoms with Gasteiger partial charge in [-0.05, 0) is 30.2 Å². The smallest absolute Gasteiger partial charge is 0.178 e. The topological polar surface area (TPSA) is 26.3 Å². The van der Waals surface area contributed by atoms with Gasteiger partial charge in [-0.2, -0.15) is 11.8 Å². The minimum atomic E-state index is 0.118. The SMILES string of the molecule is O=C(c1cc2c(s1)CCSC2)C1CCOC1. The number of aryl methyl sites for hydroxylation is 1. The van der Waals surface area contributed by atoms with Crippen molar-refractivity contribution >= 4 is 28.9 Å². The van der Waals surface area contributed by atoms with E-state index in [0.29, 0.717) is 12.4 Å². The second kappa shape index (κ2) is 4.51. The Labute approximate surface area is 103 Å². The van der Waals surface area contributed by atoms with Gasteiger partial charge < -0.3 is 4.74 Å². The summed E-state index contributed by atoms with van der Waals surface area (Å²) in [5.41, 5.74) is 1.39. The molecule has 1 aromatic rings. The number of thioether (sulfide) groups is 1. The fraction of sp³-hybridized carbons (Fsp3) is 0.583. The zero-order valence-electron chi connectivity index (χ0n) is 9.03. The summed E-state index contributed by atoms with van der Waals surface area (Å²) in [6.45, 7) is 1.37. The van der Waals surface area contributed by atoms with Crippen LogP contribution in [-0.2, 0) is 16.9 Å². The Morgan fingerprint density at radius 2 is 2.44 bits per heavy atom. The predicted molar refractivity (Wildman–Crippen MR) is 67.4 cm³/mol. The number of hydrogen-bond acceptors (Lipinski definition) is 4. The van der Waals surface area contributed by atoms with Crippen molar-refractivity contribution < 1.29 is 9.53 Å². The molecule has 0 saturated carbocycles. The van der Waals surface area contributed by atoms with E-state index in [0.717, 1.165) is 30.1 Å². The summed E-state index contributed by atoms with van der Waals surface area (Å²) >= 11 is 3.68. The zero-order chi connectivity index (χ0) is 11.0. The molecular formula is C12H14O2S2. The quantitative estimate of drug-likeness (QED) is 0.759. The largest absolute Gasteiger partial charge is 0.381 e. The van der Waals surface area contributed by atoms with Crippen molar-refractivity contribution in [3.63, 3.8) is 0 Å². The lowest BCUT2D eigenvalue weighted by Gasteiger charge is -2.08. The minimum Gasteiger partial charge on any atom is -0.381 e. The van der Waals surface area contributed by atoms with Crippen LogP contribution < -0.4 is 0 Å². The van der Waals surface area contributed by atoms with Crippen molar-refractivity contribution in [3.05, 3.63) is 21.4 Å². The van der Waals surface area contributed by atoms with Crippen molar-refractivity contribution in [1.29, 1.82) is 0 Å². The summed E-state index contributed by atoms with van der Waals surface area (Å²) < 4.78 is 5.28. The van der Waals surface area contributed by atoms with E-state index in [9.17, 15) is 4.79 Å². The van der Waals surface area contributed by atoms with Crippen molar-refractivity contribution in [1.82, 2.24) is 0 Å². The predicted octanol–water partition coefficient (Wildman–Crippen LogP) is 2.76. The third kappa shape index (κ3) is 1.94. The number of Topliss-reactive ketones (excluding diaryl/α,β-unsaturated/α-hetero) is 1. The van der Waals surface area contributed by atoms with Crippen LogP contribution in [0, 0.1) is 5.92 Å².